The van der Waals surface area contributed by atoms with Gasteiger partial charge in [0.15, 0.2) is 11.6 Å². The van der Waals surface area contributed by atoms with Crippen molar-refractivity contribution in [1.29, 1.82) is 0 Å². The lowest BCUT2D eigenvalue weighted by Gasteiger charge is -2.30. The molecule has 1 fully saturated rings. The van der Waals surface area contributed by atoms with Crippen molar-refractivity contribution in [1.82, 2.24) is 5.32 Å². The number of hydrogen-bond donors (Lipinski definition) is 1. The summed E-state index contributed by atoms with van der Waals surface area (Å²) in [7, 11) is 1.73. The highest BCUT2D eigenvalue weighted by Crippen LogP contribution is 2.27. The minimum Gasteiger partial charge on any atom is -0.375 e. The minimum absolute atomic E-state index is 0.116. The summed E-state index contributed by atoms with van der Waals surface area (Å²) in [4.78, 5) is 0. The maximum atomic E-state index is 13.7. The third-order valence-corrected chi connectivity index (χ3v) is 3.86. The van der Waals surface area contributed by atoms with E-state index in [4.69, 9.17) is 4.74 Å². The second-order valence-corrected chi connectivity index (χ2v) is 5.04. The summed E-state index contributed by atoms with van der Waals surface area (Å²) in [5, 5.41) is 3.01. The molecule has 0 spiro atoms. The van der Waals surface area contributed by atoms with E-state index in [9.17, 15) is 8.78 Å². The van der Waals surface area contributed by atoms with Gasteiger partial charge in [0.2, 0.25) is 0 Å². The molecule has 0 radical (unpaired) electrons. The van der Waals surface area contributed by atoms with Crippen molar-refractivity contribution in [2.75, 3.05) is 25.2 Å². The van der Waals surface area contributed by atoms with Crippen LogP contribution in [-0.4, -0.2) is 31.3 Å². The fraction of sp³-hybridized carbons (Fsp3) is 0.500. The molecule has 0 aliphatic carbocycles. The normalized spacial score (nSPS) is 22.4. The van der Waals surface area contributed by atoms with Crippen LogP contribution in [-0.2, 0) is 4.74 Å². The highest BCUT2D eigenvalue weighted by molar-refractivity contribution is 7.99. The molecule has 0 aromatic heterocycles. The lowest BCUT2D eigenvalue weighted by molar-refractivity contribution is 0.0477. The number of nitrogens with one attached hydrogen (secondary N) is 1. The quantitative estimate of drug-likeness (QED) is 0.900. The minimum atomic E-state index is -0.814. The van der Waals surface area contributed by atoms with E-state index in [1.807, 2.05) is 0 Å². The van der Waals surface area contributed by atoms with Crippen LogP contribution in [0.15, 0.2) is 18.2 Å². The first kappa shape index (κ1) is 12.8. The number of benzene rings is 1. The Hall–Kier alpha value is -0.650. The molecule has 1 saturated heterocycles. The van der Waals surface area contributed by atoms with Gasteiger partial charge in [-0.15, -0.1) is 0 Å². The van der Waals surface area contributed by atoms with E-state index in [2.05, 4.69) is 5.32 Å². The SMILES string of the molecule is CNC(c1cccc(F)c1F)C1CSCCO1. The molecule has 1 aromatic carbocycles. The molecule has 2 atom stereocenters. The standard InChI is InChI=1S/C12H15F2NOS/c1-15-12(10-7-17-6-5-16-10)8-3-2-4-9(13)11(8)14/h2-4,10,12,15H,5-7H2,1H3. The van der Waals surface area contributed by atoms with Gasteiger partial charge in [0.25, 0.3) is 0 Å². The van der Waals surface area contributed by atoms with Crippen molar-refractivity contribution < 1.29 is 13.5 Å². The van der Waals surface area contributed by atoms with Gasteiger partial charge in [0, 0.05) is 17.1 Å². The molecule has 1 aliphatic rings. The molecule has 94 valence electrons. The Kier molecular flexibility index (Phi) is 4.36. The van der Waals surface area contributed by atoms with Crippen LogP contribution in [0.5, 0.6) is 0 Å². The molecule has 0 saturated carbocycles. The molecule has 17 heavy (non-hydrogen) atoms. The average Bonchev–Trinajstić information content (AvgIpc) is 2.37. The van der Waals surface area contributed by atoms with Crippen molar-refractivity contribution in [3.05, 3.63) is 35.4 Å². The third-order valence-electron chi connectivity index (χ3n) is 2.84. The van der Waals surface area contributed by atoms with Crippen LogP contribution in [0.4, 0.5) is 8.78 Å². The Labute approximate surface area is 104 Å². The Morgan fingerprint density at radius 3 is 2.94 bits per heavy atom. The summed E-state index contributed by atoms with van der Waals surface area (Å²) in [6.45, 7) is 0.657. The van der Waals surface area contributed by atoms with Crippen LogP contribution >= 0.6 is 11.8 Å². The maximum Gasteiger partial charge on any atom is 0.163 e. The predicted octanol–water partition coefficient (Wildman–Crippen LogP) is 2.36. The Morgan fingerprint density at radius 1 is 1.47 bits per heavy atom. The molecule has 1 aliphatic heterocycles. The molecule has 1 aromatic rings. The summed E-state index contributed by atoms with van der Waals surface area (Å²) in [5.74, 6) is 0.150. The van der Waals surface area contributed by atoms with Crippen LogP contribution in [0.2, 0.25) is 0 Å². The highest BCUT2D eigenvalue weighted by atomic mass is 32.2. The van der Waals surface area contributed by atoms with E-state index < -0.39 is 11.6 Å². The van der Waals surface area contributed by atoms with E-state index in [1.54, 1.807) is 24.9 Å². The van der Waals surface area contributed by atoms with Crippen LogP contribution in [0.25, 0.3) is 0 Å². The van der Waals surface area contributed by atoms with Crippen molar-refractivity contribution in [3.8, 4) is 0 Å². The monoisotopic (exact) mass is 259 g/mol. The number of rotatable bonds is 3. The number of ether oxygens (including phenoxy) is 1. The van der Waals surface area contributed by atoms with Crippen LogP contribution < -0.4 is 5.32 Å². The lowest BCUT2D eigenvalue weighted by Crippen LogP contribution is -2.37. The summed E-state index contributed by atoms with van der Waals surface area (Å²) >= 11 is 1.77. The summed E-state index contributed by atoms with van der Waals surface area (Å²) in [6.07, 6.45) is -0.116. The molecule has 1 N–H and O–H groups in total. The van der Waals surface area contributed by atoms with Crippen molar-refractivity contribution >= 4 is 11.8 Å². The van der Waals surface area contributed by atoms with Crippen LogP contribution in [0.3, 0.4) is 0 Å². The summed E-state index contributed by atoms with van der Waals surface area (Å²) < 4.78 is 32.5. The van der Waals surface area contributed by atoms with Gasteiger partial charge in [0.05, 0.1) is 18.8 Å². The molecule has 2 nitrogen and oxygen atoms in total. The van der Waals surface area contributed by atoms with Gasteiger partial charge < -0.3 is 10.1 Å². The van der Waals surface area contributed by atoms with Gasteiger partial charge in [-0.25, -0.2) is 8.78 Å². The third kappa shape index (κ3) is 2.78. The number of thioether (sulfide) groups is 1. The Bertz CT molecular complexity index is 383. The zero-order valence-corrected chi connectivity index (χ0v) is 10.4. The molecule has 1 heterocycles. The highest BCUT2D eigenvalue weighted by Gasteiger charge is 2.27. The Balaban J connectivity index is 2.24. The van der Waals surface area contributed by atoms with Gasteiger partial charge in [-0.3, -0.25) is 0 Å². The van der Waals surface area contributed by atoms with E-state index in [0.29, 0.717) is 12.2 Å². The zero-order chi connectivity index (χ0) is 12.3. The summed E-state index contributed by atoms with van der Waals surface area (Å²) in [5.41, 5.74) is 0.333. The summed E-state index contributed by atoms with van der Waals surface area (Å²) in [6, 6.07) is 3.94. The largest absolute Gasteiger partial charge is 0.375 e. The first-order chi connectivity index (χ1) is 8.24. The fourth-order valence-corrected chi connectivity index (χ4v) is 2.90. The number of hydrogen-bond acceptors (Lipinski definition) is 3. The van der Waals surface area contributed by atoms with Gasteiger partial charge in [-0.1, -0.05) is 12.1 Å². The topological polar surface area (TPSA) is 21.3 Å². The van der Waals surface area contributed by atoms with E-state index in [-0.39, 0.29) is 12.1 Å². The van der Waals surface area contributed by atoms with Crippen LogP contribution in [0.1, 0.15) is 11.6 Å². The molecule has 2 unspecified atom stereocenters. The first-order valence-corrected chi connectivity index (χ1v) is 6.70. The van der Waals surface area contributed by atoms with Gasteiger partial charge in [-0.2, -0.15) is 11.8 Å². The van der Waals surface area contributed by atoms with Crippen molar-refractivity contribution in [2.24, 2.45) is 0 Å². The Morgan fingerprint density at radius 2 is 2.29 bits per heavy atom. The zero-order valence-electron chi connectivity index (χ0n) is 9.58. The predicted molar refractivity (Wildman–Crippen MR) is 65.2 cm³/mol. The van der Waals surface area contributed by atoms with Gasteiger partial charge >= 0.3 is 0 Å². The number of halogens is 2. The lowest BCUT2D eigenvalue weighted by atomic mass is 10.0. The molecule has 5 heteroatoms. The van der Waals surface area contributed by atoms with Gasteiger partial charge in [0.1, 0.15) is 0 Å². The van der Waals surface area contributed by atoms with E-state index in [0.717, 1.165) is 17.6 Å². The van der Waals surface area contributed by atoms with E-state index in [1.165, 1.54) is 6.07 Å². The van der Waals surface area contributed by atoms with Gasteiger partial charge in [-0.05, 0) is 13.1 Å². The van der Waals surface area contributed by atoms with Crippen LogP contribution in [0, 0.1) is 11.6 Å². The van der Waals surface area contributed by atoms with Crippen molar-refractivity contribution in [3.63, 3.8) is 0 Å². The van der Waals surface area contributed by atoms with Crippen molar-refractivity contribution in [2.45, 2.75) is 12.1 Å². The fourth-order valence-electron chi connectivity index (χ4n) is 2.00. The smallest absolute Gasteiger partial charge is 0.163 e. The maximum absolute atomic E-state index is 13.7. The second-order valence-electron chi connectivity index (χ2n) is 3.89. The second kappa shape index (κ2) is 5.80. The molecular weight excluding hydrogens is 244 g/mol. The molecule has 0 amide bonds. The first-order valence-electron chi connectivity index (χ1n) is 5.54. The molecular formula is C12H15F2NOS. The molecule has 0 bridgehead atoms. The average molecular weight is 259 g/mol. The molecule has 2 rings (SSSR count). The number of likely N-dealkylation sites (N-methyl/N-ethyl adjacent to an activating group) is 1. The van der Waals surface area contributed by atoms with E-state index >= 15 is 0 Å².